The van der Waals surface area contributed by atoms with Crippen LogP contribution in [0.4, 0.5) is 0 Å². The number of hydrogen-bond donors (Lipinski definition) is 1. The Kier molecular flexibility index (Phi) is 3.42. The molecule has 0 atom stereocenters. The molecule has 0 radical (unpaired) electrons. The summed E-state index contributed by atoms with van der Waals surface area (Å²) in [6.45, 7) is 0. The maximum absolute atomic E-state index is 10.8. The van der Waals surface area contributed by atoms with Crippen molar-refractivity contribution in [1.29, 1.82) is 0 Å². The van der Waals surface area contributed by atoms with Crippen molar-refractivity contribution in [3.8, 4) is 11.3 Å². The van der Waals surface area contributed by atoms with Gasteiger partial charge in [0.2, 0.25) is 0 Å². The van der Waals surface area contributed by atoms with Gasteiger partial charge in [0.25, 0.3) is 0 Å². The number of nitrogens with one attached hydrogen (secondary N) is 1. The van der Waals surface area contributed by atoms with Crippen LogP contribution in [0.5, 0.6) is 0 Å². The van der Waals surface area contributed by atoms with E-state index < -0.39 is 0 Å². The molecule has 3 aromatic rings. The summed E-state index contributed by atoms with van der Waals surface area (Å²) in [7, 11) is 0. The molecule has 0 amide bonds. The van der Waals surface area contributed by atoms with Crippen LogP contribution < -0.4 is 0 Å². The van der Waals surface area contributed by atoms with Crippen LogP contribution >= 0.6 is 0 Å². The maximum Gasteiger partial charge on any atom is 0.167 e. The Hall–Kier alpha value is -2.68. The van der Waals surface area contributed by atoms with Gasteiger partial charge in [-0.2, -0.15) is 5.10 Å². The lowest BCUT2D eigenvalue weighted by Gasteiger charge is -2.07. The summed E-state index contributed by atoms with van der Waals surface area (Å²) in [5.74, 6) is 0. The number of nitrogens with zero attached hydrogens (tertiary/aromatic N) is 1. The molecule has 0 unspecified atom stereocenters. The largest absolute Gasteiger partial charge is 0.296 e. The fraction of sp³-hybridized carbons (Fsp3) is 0.0588. The van der Waals surface area contributed by atoms with Gasteiger partial charge >= 0.3 is 0 Å². The minimum absolute atomic E-state index is 0.495. The lowest BCUT2D eigenvalue weighted by Crippen LogP contribution is -1.92. The summed E-state index contributed by atoms with van der Waals surface area (Å²) in [4.78, 5) is 10.8. The molecule has 3 rings (SSSR count). The number of carbonyl (C=O) groups is 1. The molecule has 0 aliphatic heterocycles. The molecule has 0 bridgehead atoms. The maximum atomic E-state index is 10.8. The Morgan fingerprint density at radius 1 is 1.00 bits per heavy atom. The summed E-state index contributed by atoms with van der Waals surface area (Å²) in [6.07, 6.45) is 1.62. The predicted octanol–water partition coefficient (Wildman–Crippen LogP) is 3.48. The molecule has 1 heterocycles. The van der Waals surface area contributed by atoms with E-state index >= 15 is 0 Å². The number of benzene rings is 2. The van der Waals surface area contributed by atoms with Crippen LogP contribution in [0, 0.1) is 0 Å². The monoisotopic (exact) mass is 262 g/mol. The van der Waals surface area contributed by atoms with Gasteiger partial charge in [-0.1, -0.05) is 54.6 Å². The van der Waals surface area contributed by atoms with Gasteiger partial charge in [-0.25, -0.2) is 0 Å². The number of aldehydes is 1. The third kappa shape index (κ3) is 2.52. The third-order valence-electron chi connectivity index (χ3n) is 3.26. The smallest absolute Gasteiger partial charge is 0.167 e. The average Bonchev–Trinajstić information content (AvgIpc) is 2.98. The topological polar surface area (TPSA) is 45.8 Å². The van der Waals surface area contributed by atoms with Crippen molar-refractivity contribution in [3.63, 3.8) is 0 Å². The normalized spacial score (nSPS) is 10.4. The first-order valence-corrected chi connectivity index (χ1v) is 6.49. The van der Waals surface area contributed by atoms with Crippen molar-refractivity contribution < 1.29 is 4.79 Å². The summed E-state index contributed by atoms with van der Waals surface area (Å²) in [6, 6.07) is 20.2. The van der Waals surface area contributed by atoms with E-state index in [1.165, 1.54) is 11.1 Å². The second kappa shape index (κ2) is 5.53. The zero-order valence-corrected chi connectivity index (χ0v) is 10.9. The van der Waals surface area contributed by atoms with Gasteiger partial charge in [0.1, 0.15) is 0 Å². The molecular weight excluding hydrogens is 248 g/mol. The van der Waals surface area contributed by atoms with Crippen LogP contribution in [0.1, 0.15) is 21.6 Å². The lowest BCUT2D eigenvalue weighted by molar-refractivity contribution is 0.111. The van der Waals surface area contributed by atoms with Gasteiger partial charge in [-0.3, -0.25) is 9.89 Å². The molecule has 3 nitrogen and oxygen atoms in total. The van der Waals surface area contributed by atoms with Gasteiger partial charge in [0.15, 0.2) is 6.29 Å². The zero-order valence-electron chi connectivity index (χ0n) is 10.9. The predicted molar refractivity (Wildman–Crippen MR) is 78.7 cm³/mol. The fourth-order valence-electron chi connectivity index (χ4n) is 2.28. The molecule has 0 aliphatic rings. The summed E-state index contributed by atoms with van der Waals surface area (Å²) < 4.78 is 0. The SMILES string of the molecule is O=Cc1cc(-c2ccccc2Cc2ccccc2)n[nH]1. The van der Waals surface area contributed by atoms with Crippen molar-refractivity contribution in [3.05, 3.63) is 77.5 Å². The van der Waals surface area contributed by atoms with Gasteiger partial charge < -0.3 is 0 Å². The fourth-order valence-corrected chi connectivity index (χ4v) is 2.28. The Balaban J connectivity index is 1.98. The van der Waals surface area contributed by atoms with Crippen molar-refractivity contribution in [2.45, 2.75) is 6.42 Å². The molecule has 0 aliphatic carbocycles. The number of hydrogen-bond acceptors (Lipinski definition) is 2. The summed E-state index contributed by atoms with van der Waals surface area (Å²) in [5, 5.41) is 6.93. The van der Waals surface area contributed by atoms with Crippen LogP contribution in [0.3, 0.4) is 0 Å². The number of H-pyrrole nitrogens is 1. The number of carbonyl (C=O) groups excluding carboxylic acids is 1. The van der Waals surface area contributed by atoms with Gasteiger partial charge in [-0.05, 0) is 23.6 Å². The highest BCUT2D eigenvalue weighted by atomic mass is 16.1. The molecule has 0 saturated heterocycles. The third-order valence-corrected chi connectivity index (χ3v) is 3.26. The first-order chi connectivity index (χ1) is 9.86. The van der Waals surface area contributed by atoms with Crippen LogP contribution in [-0.4, -0.2) is 16.5 Å². The molecule has 2 aromatic carbocycles. The van der Waals surface area contributed by atoms with Crippen LogP contribution in [0.2, 0.25) is 0 Å². The average molecular weight is 262 g/mol. The number of rotatable bonds is 4. The van der Waals surface area contributed by atoms with E-state index in [0.717, 1.165) is 24.0 Å². The highest BCUT2D eigenvalue weighted by Gasteiger charge is 2.08. The van der Waals surface area contributed by atoms with Crippen LogP contribution in [-0.2, 0) is 6.42 Å². The lowest BCUT2D eigenvalue weighted by atomic mass is 9.98. The van der Waals surface area contributed by atoms with E-state index in [4.69, 9.17) is 0 Å². The Labute approximate surface area is 117 Å². The standard InChI is InChI=1S/C17H14N2O/c20-12-15-11-17(19-18-15)16-9-5-4-8-14(16)10-13-6-2-1-3-7-13/h1-9,11-12H,10H2,(H,18,19). The second-order valence-corrected chi connectivity index (χ2v) is 4.65. The number of aromatic amines is 1. The summed E-state index contributed by atoms with van der Waals surface area (Å²) >= 11 is 0. The first kappa shape index (κ1) is 12.4. The Morgan fingerprint density at radius 2 is 1.75 bits per heavy atom. The molecule has 0 fully saturated rings. The number of aromatic nitrogens is 2. The Bertz CT molecular complexity index is 717. The summed E-state index contributed by atoms with van der Waals surface area (Å²) in [5.41, 5.74) is 4.81. The van der Waals surface area contributed by atoms with Crippen LogP contribution in [0.25, 0.3) is 11.3 Å². The highest BCUT2D eigenvalue weighted by molar-refractivity contribution is 5.76. The van der Waals surface area contributed by atoms with Gasteiger partial charge in [-0.15, -0.1) is 0 Å². The quantitative estimate of drug-likeness (QED) is 0.732. The van der Waals surface area contributed by atoms with Gasteiger partial charge in [0.05, 0.1) is 11.4 Å². The van der Waals surface area contributed by atoms with Crippen molar-refractivity contribution >= 4 is 6.29 Å². The zero-order chi connectivity index (χ0) is 13.8. The molecule has 0 saturated carbocycles. The molecule has 1 N–H and O–H groups in total. The van der Waals surface area contributed by atoms with Crippen molar-refractivity contribution in [2.75, 3.05) is 0 Å². The molecule has 20 heavy (non-hydrogen) atoms. The minimum Gasteiger partial charge on any atom is -0.296 e. The second-order valence-electron chi connectivity index (χ2n) is 4.65. The molecular formula is C17H14N2O. The first-order valence-electron chi connectivity index (χ1n) is 6.49. The van der Waals surface area contributed by atoms with E-state index in [1.807, 2.05) is 36.4 Å². The van der Waals surface area contributed by atoms with Crippen molar-refractivity contribution in [1.82, 2.24) is 10.2 Å². The molecule has 0 spiro atoms. The van der Waals surface area contributed by atoms with E-state index in [9.17, 15) is 4.79 Å². The van der Waals surface area contributed by atoms with E-state index in [2.05, 4.69) is 28.4 Å². The van der Waals surface area contributed by atoms with E-state index in [1.54, 1.807) is 6.07 Å². The molecule has 3 heteroatoms. The van der Waals surface area contributed by atoms with Gasteiger partial charge in [0, 0.05) is 5.56 Å². The highest BCUT2D eigenvalue weighted by Crippen LogP contribution is 2.24. The Morgan fingerprint density at radius 3 is 2.50 bits per heavy atom. The van der Waals surface area contributed by atoms with E-state index in [0.29, 0.717) is 5.69 Å². The minimum atomic E-state index is 0.495. The molecule has 1 aromatic heterocycles. The van der Waals surface area contributed by atoms with Crippen molar-refractivity contribution in [2.24, 2.45) is 0 Å². The molecule has 98 valence electrons. The van der Waals surface area contributed by atoms with E-state index in [-0.39, 0.29) is 0 Å². The van der Waals surface area contributed by atoms with Crippen LogP contribution in [0.15, 0.2) is 60.7 Å².